The minimum Gasteiger partial charge on any atom is -0.493 e. The molecule has 0 bridgehead atoms. The standard InChI is InChI=1S/C22H21NO3S/c1-25-18-13-16-10-11-23(22(24)15-7-4-3-5-8-15)21(20-9-6-12-27-20)17(16)14-19(18)26-2/h3-9,12-14,21H,10-11H2,1-2H3/t21-/m0/s1. The number of hydrogen-bond donors (Lipinski definition) is 0. The molecular weight excluding hydrogens is 358 g/mol. The van der Waals surface area contributed by atoms with Crippen LogP contribution in [0.4, 0.5) is 0 Å². The van der Waals surface area contributed by atoms with E-state index in [2.05, 4.69) is 11.4 Å². The van der Waals surface area contributed by atoms with E-state index in [1.54, 1.807) is 25.6 Å². The van der Waals surface area contributed by atoms with Crippen LogP contribution in [-0.4, -0.2) is 31.6 Å². The normalized spacial score (nSPS) is 15.9. The van der Waals surface area contributed by atoms with Gasteiger partial charge in [-0.3, -0.25) is 4.79 Å². The third-order valence-electron chi connectivity index (χ3n) is 4.97. The first-order chi connectivity index (χ1) is 13.2. The van der Waals surface area contributed by atoms with Gasteiger partial charge in [0, 0.05) is 17.0 Å². The smallest absolute Gasteiger partial charge is 0.254 e. The predicted octanol–water partition coefficient (Wildman–Crippen LogP) is 4.55. The maximum absolute atomic E-state index is 13.3. The third kappa shape index (κ3) is 3.19. The number of benzene rings is 2. The van der Waals surface area contributed by atoms with E-state index in [1.165, 1.54) is 5.56 Å². The van der Waals surface area contributed by atoms with Gasteiger partial charge in [-0.15, -0.1) is 11.3 Å². The molecule has 5 heteroatoms. The molecule has 0 spiro atoms. The molecule has 2 aromatic carbocycles. The fourth-order valence-corrected chi connectivity index (χ4v) is 4.52. The fraction of sp³-hybridized carbons (Fsp3) is 0.227. The summed E-state index contributed by atoms with van der Waals surface area (Å²) in [6.07, 6.45) is 0.788. The van der Waals surface area contributed by atoms with Crippen molar-refractivity contribution in [2.24, 2.45) is 0 Å². The Balaban J connectivity index is 1.82. The van der Waals surface area contributed by atoms with Crippen LogP contribution in [0.2, 0.25) is 0 Å². The molecule has 0 saturated carbocycles. The zero-order valence-corrected chi connectivity index (χ0v) is 16.2. The summed E-state index contributed by atoms with van der Waals surface area (Å²) in [6.45, 7) is 0.665. The SMILES string of the molecule is COc1cc2c(cc1OC)[C@@H](c1cccs1)N(C(=O)c1ccccc1)CC2. The van der Waals surface area contributed by atoms with Gasteiger partial charge in [-0.2, -0.15) is 0 Å². The molecule has 0 N–H and O–H groups in total. The van der Waals surface area contributed by atoms with Crippen molar-refractivity contribution >= 4 is 17.2 Å². The Hall–Kier alpha value is -2.79. The Kier molecular flexibility index (Phi) is 4.86. The van der Waals surface area contributed by atoms with Crippen LogP contribution in [0.5, 0.6) is 11.5 Å². The largest absolute Gasteiger partial charge is 0.493 e. The molecule has 0 unspecified atom stereocenters. The Morgan fingerprint density at radius 2 is 1.78 bits per heavy atom. The van der Waals surface area contributed by atoms with Crippen molar-refractivity contribution in [1.82, 2.24) is 4.90 Å². The van der Waals surface area contributed by atoms with Crippen LogP contribution in [0.3, 0.4) is 0 Å². The molecule has 2 heterocycles. The Labute approximate surface area is 163 Å². The van der Waals surface area contributed by atoms with Crippen LogP contribution >= 0.6 is 11.3 Å². The van der Waals surface area contributed by atoms with Crippen molar-refractivity contribution < 1.29 is 14.3 Å². The monoisotopic (exact) mass is 379 g/mol. The van der Waals surface area contributed by atoms with E-state index in [0.29, 0.717) is 17.9 Å². The molecule has 1 aromatic heterocycles. The maximum atomic E-state index is 13.3. The van der Waals surface area contributed by atoms with Gasteiger partial charge in [-0.25, -0.2) is 0 Å². The molecule has 4 rings (SSSR count). The second-order valence-electron chi connectivity index (χ2n) is 6.44. The number of fused-ring (bicyclic) bond motifs is 1. The third-order valence-corrected chi connectivity index (χ3v) is 5.89. The molecule has 0 radical (unpaired) electrons. The number of amides is 1. The number of rotatable bonds is 4. The van der Waals surface area contributed by atoms with Crippen LogP contribution in [0, 0.1) is 0 Å². The lowest BCUT2D eigenvalue weighted by Gasteiger charge is -2.37. The van der Waals surface area contributed by atoms with Gasteiger partial charge < -0.3 is 14.4 Å². The van der Waals surface area contributed by atoms with Crippen molar-refractivity contribution in [2.75, 3.05) is 20.8 Å². The van der Waals surface area contributed by atoms with E-state index in [4.69, 9.17) is 9.47 Å². The van der Waals surface area contributed by atoms with E-state index in [1.807, 2.05) is 53.4 Å². The number of methoxy groups -OCH3 is 2. The number of thiophene rings is 1. The summed E-state index contributed by atoms with van der Waals surface area (Å²) in [6, 6.07) is 17.5. The quantitative estimate of drug-likeness (QED) is 0.667. The highest BCUT2D eigenvalue weighted by molar-refractivity contribution is 7.10. The molecule has 1 aliphatic rings. The van der Waals surface area contributed by atoms with E-state index in [9.17, 15) is 4.79 Å². The highest BCUT2D eigenvalue weighted by atomic mass is 32.1. The fourth-order valence-electron chi connectivity index (χ4n) is 3.66. The predicted molar refractivity (Wildman–Crippen MR) is 107 cm³/mol. The molecule has 4 nitrogen and oxygen atoms in total. The van der Waals surface area contributed by atoms with Gasteiger partial charge in [0.1, 0.15) is 0 Å². The lowest BCUT2D eigenvalue weighted by atomic mass is 9.90. The first-order valence-electron chi connectivity index (χ1n) is 8.87. The summed E-state index contributed by atoms with van der Waals surface area (Å²) in [4.78, 5) is 16.4. The van der Waals surface area contributed by atoms with Crippen molar-refractivity contribution in [1.29, 1.82) is 0 Å². The summed E-state index contributed by atoms with van der Waals surface area (Å²) >= 11 is 1.67. The summed E-state index contributed by atoms with van der Waals surface area (Å²) < 4.78 is 11.0. The highest BCUT2D eigenvalue weighted by Gasteiger charge is 2.34. The van der Waals surface area contributed by atoms with E-state index < -0.39 is 0 Å². The van der Waals surface area contributed by atoms with Crippen LogP contribution in [-0.2, 0) is 6.42 Å². The van der Waals surface area contributed by atoms with Crippen molar-refractivity contribution in [3.63, 3.8) is 0 Å². The molecule has 0 fully saturated rings. The first-order valence-corrected chi connectivity index (χ1v) is 9.75. The second kappa shape index (κ2) is 7.45. The van der Waals surface area contributed by atoms with Crippen molar-refractivity contribution in [3.8, 4) is 11.5 Å². The summed E-state index contributed by atoms with van der Waals surface area (Å²) in [5, 5.41) is 2.05. The zero-order chi connectivity index (χ0) is 18.8. The molecule has 27 heavy (non-hydrogen) atoms. The van der Waals surface area contributed by atoms with E-state index >= 15 is 0 Å². The van der Waals surface area contributed by atoms with E-state index in [-0.39, 0.29) is 11.9 Å². The second-order valence-corrected chi connectivity index (χ2v) is 7.42. The van der Waals surface area contributed by atoms with Gasteiger partial charge in [-0.05, 0) is 53.3 Å². The number of hydrogen-bond acceptors (Lipinski definition) is 4. The number of nitrogens with zero attached hydrogens (tertiary/aromatic N) is 1. The highest BCUT2D eigenvalue weighted by Crippen LogP contribution is 2.42. The van der Waals surface area contributed by atoms with Gasteiger partial charge in [0.25, 0.3) is 5.91 Å². The van der Waals surface area contributed by atoms with E-state index in [0.717, 1.165) is 22.6 Å². The van der Waals surface area contributed by atoms with Crippen LogP contribution in [0.1, 0.15) is 32.4 Å². The lowest BCUT2D eigenvalue weighted by Crippen LogP contribution is -2.40. The summed E-state index contributed by atoms with van der Waals surface area (Å²) in [5.41, 5.74) is 3.01. The molecule has 1 amide bonds. The average molecular weight is 379 g/mol. The summed E-state index contributed by atoms with van der Waals surface area (Å²) in [5.74, 6) is 1.46. The summed E-state index contributed by atoms with van der Waals surface area (Å²) in [7, 11) is 3.29. The van der Waals surface area contributed by atoms with Crippen LogP contribution in [0.15, 0.2) is 60.0 Å². The molecule has 1 atom stereocenters. The van der Waals surface area contributed by atoms with Crippen LogP contribution < -0.4 is 9.47 Å². The molecule has 0 aliphatic carbocycles. The Morgan fingerprint density at radius 1 is 1.04 bits per heavy atom. The zero-order valence-electron chi connectivity index (χ0n) is 15.3. The molecule has 1 aliphatic heterocycles. The van der Waals surface area contributed by atoms with Crippen molar-refractivity contribution in [2.45, 2.75) is 12.5 Å². The number of ether oxygens (including phenoxy) is 2. The lowest BCUT2D eigenvalue weighted by molar-refractivity contribution is 0.0697. The van der Waals surface area contributed by atoms with Crippen LogP contribution in [0.25, 0.3) is 0 Å². The minimum atomic E-state index is -0.124. The molecule has 138 valence electrons. The number of carbonyl (C=O) groups is 1. The Morgan fingerprint density at radius 3 is 2.44 bits per heavy atom. The van der Waals surface area contributed by atoms with Gasteiger partial charge in [0.2, 0.25) is 0 Å². The van der Waals surface area contributed by atoms with Gasteiger partial charge in [0.05, 0.1) is 20.3 Å². The molecule has 0 saturated heterocycles. The molecular formula is C22H21NO3S. The average Bonchev–Trinajstić information content (AvgIpc) is 3.26. The van der Waals surface area contributed by atoms with Gasteiger partial charge in [0.15, 0.2) is 11.5 Å². The first kappa shape index (κ1) is 17.6. The van der Waals surface area contributed by atoms with Gasteiger partial charge >= 0.3 is 0 Å². The van der Waals surface area contributed by atoms with Gasteiger partial charge in [-0.1, -0.05) is 24.3 Å². The maximum Gasteiger partial charge on any atom is 0.254 e. The molecule has 3 aromatic rings. The van der Waals surface area contributed by atoms with Crippen molar-refractivity contribution in [3.05, 3.63) is 81.5 Å². The Bertz CT molecular complexity index is 938. The minimum absolute atomic E-state index is 0.0504. The topological polar surface area (TPSA) is 38.8 Å². The number of carbonyl (C=O) groups excluding carboxylic acids is 1.